The van der Waals surface area contributed by atoms with Gasteiger partial charge >= 0.3 is 0 Å². The number of hydrogen-bond donors (Lipinski definition) is 1. The molecule has 2 unspecified atom stereocenters. The second-order valence-corrected chi connectivity index (χ2v) is 4.88. The molecule has 2 nitrogen and oxygen atoms in total. The standard InChI is InChI=1S/C14H15FN2/c15-14(6-5-11(16)7-14)13-9-17-8-10-3-1-2-4-12(10)13/h1-4,8-9,11H,5-7,16H2. The molecule has 0 saturated heterocycles. The molecule has 17 heavy (non-hydrogen) atoms. The molecule has 0 radical (unpaired) electrons. The molecule has 3 heteroatoms. The molecule has 1 aromatic heterocycles. The summed E-state index contributed by atoms with van der Waals surface area (Å²) in [4.78, 5) is 4.15. The highest BCUT2D eigenvalue weighted by atomic mass is 19.1. The fourth-order valence-corrected chi connectivity index (χ4v) is 2.75. The molecule has 0 spiro atoms. The molecule has 3 rings (SSSR count). The Balaban J connectivity index is 2.17. The first-order valence-corrected chi connectivity index (χ1v) is 5.97. The molecular formula is C14H15FN2. The van der Waals surface area contributed by atoms with E-state index in [0.29, 0.717) is 18.4 Å². The van der Waals surface area contributed by atoms with Gasteiger partial charge in [-0.2, -0.15) is 0 Å². The quantitative estimate of drug-likeness (QED) is 0.818. The molecule has 0 bridgehead atoms. The monoisotopic (exact) mass is 230 g/mol. The molecule has 88 valence electrons. The van der Waals surface area contributed by atoms with Crippen molar-refractivity contribution in [2.45, 2.75) is 31.0 Å². The number of fused-ring (bicyclic) bond motifs is 1. The predicted octanol–water partition coefficient (Wildman–Crippen LogP) is 2.91. The number of rotatable bonds is 1. The van der Waals surface area contributed by atoms with Crippen LogP contribution in [0.3, 0.4) is 0 Å². The third-order valence-corrected chi connectivity index (χ3v) is 3.65. The minimum atomic E-state index is -1.30. The van der Waals surface area contributed by atoms with Gasteiger partial charge in [-0.15, -0.1) is 0 Å². The average molecular weight is 230 g/mol. The Morgan fingerprint density at radius 3 is 2.88 bits per heavy atom. The van der Waals surface area contributed by atoms with Gasteiger partial charge in [0.25, 0.3) is 0 Å². The predicted molar refractivity (Wildman–Crippen MR) is 66.4 cm³/mol. The highest BCUT2D eigenvalue weighted by molar-refractivity contribution is 5.85. The van der Waals surface area contributed by atoms with E-state index in [1.807, 2.05) is 24.3 Å². The van der Waals surface area contributed by atoms with Gasteiger partial charge in [0.15, 0.2) is 0 Å². The van der Waals surface area contributed by atoms with E-state index in [9.17, 15) is 4.39 Å². The Bertz CT molecular complexity index is 549. The fourth-order valence-electron chi connectivity index (χ4n) is 2.75. The van der Waals surface area contributed by atoms with Crippen molar-refractivity contribution in [2.24, 2.45) is 5.73 Å². The number of halogens is 1. The normalized spacial score (nSPS) is 28.7. The summed E-state index contributed by atoms with van der Waals surface area (Å²) in [6.45, 7) is 0. The van der Waals surface area contributed by atoms with Gasteiger partial charge in [0.2, 0.25) is 0 Å². The second-order valence-electron chi connectivity index (χ2n) is 4.88. The fraction of sp³-hybridized carbons (Fsp3) is 0.357. The SMILES string of the molecule is NC1CCC(F)(c2cncc3ccccc23)C1. The number of nitrogens with two attached hydrogens (primary N) is 1. The summed E-state index contributed by atoms with van der Waals surface area (Å²) in [5, 5.41) is 1.95. The van der Waals surface area contributed by atoms with Crippen LogP contribution < -0.4 is 5.73 Å². The van der Waals surface area contributed by atoms with Crippen LogP contribution in [0.15, 0.2) is 36.7 Å². The van der Waals surface area contributed by atoms with E-state index in [1.165, 1.54) is 0 Å². The molecule has 1 aliphatic carbocycles. The zero-order valence-corrected chi connectivity index (χ0v) is 9.57. The topological polar surface area (TPSA) is 38.9 Å². The Labute approximate surface area is 99.7 Å². The number of benzene rings is 1. The van der Waals surface area contributed by atoms with Crippen molar-refractivity contribution in [1.82, 2.24) is 4.98 Å². The van der Waals surface area contributed by atoms with Crippen molar-refractivity contribution in [1.29, 1.82) is 0 Å². The maximum absolute atomic E-state index is 14.9. The molecule has 1 saturated carbocycles. The Morgan fingerprint density at radius 2 is 2.12 bits per heavy atom. The van der Waals surface area contributed by atoms with Gasteiger partial charge in [-0.25, -0.2) is 4.39 Å². The van der Waals surface area contributed by atoms with Crippen LogP contribution in [0.2, 0.25) is 0 Å². The summed E-state index contributed by atoms with van der Waals surface area (Å²) >= 11 is 0. The van der Waals surface area contributed by atoms with Crippen LogP contribution in [0.5, 0.6) is 0 Å². The first-order chi connectivity index (χ1) is 8.19. The van der Waals surface area contributed by atoms with E-state index in [2.05, 4.69) is 4.98 Å². The van der Waals surface area contributed by atoms with Gasteiger partial charge in [-0.3, -0.25) is 4.98 Å². The van der Waals surface area contributed by atoms with Gasteiger partial charge in [0.05, 0.1) is 0 Å². The van der Waals surface area contributed by atoms with Crippen LogP contribution in [-0.4, -0.2) is 11.0 Å². The molecular weight excluding hydrogens is 215 g/mol. The lowest BCUT2D eigenvalue weighted by molar-refractivity contribution is 0.174. The lowest BCUT2D eigenvalue weighted by Gasteiger charge is -2.21. The van der Waals surface area contributed by atoms with Crippen LogP contribution >= 0.6 is 0 Å². The smallest absolute Gasteiger partial charge is 0.139 e. The Kier molecular flexibility index (Phi) is 2.37. The molecule has 1 aliphatic rings. The van der Waals surface area contributed by atoms with Gasteiger partial charge < -0.3 is 5.73 Å². The van der Waals surface area contributed by atoms with Gasteiger partial charge in [0.1, 0.15) is 5.67 Å². The summed E-state index contributed by atoms with van der Waals surface area (Å²) in [5.41, 5.74) is 5.23. The summed E-state index contributed by atoms with van der Waals surface area (Å²) in [6, 6.07) is 7.77. The minimum Gasteiger partial charge on any atom is -0.328 e. The first-order valence-electron chi connectivity index (χ1n) is 5.97. The molecule has 0 amide bonds. The second kappa shape index (κ2) is 3.77. The van der Waals surface area contributed by atoms with Crippen LogP contribution in [0.4, 0.5) is 4.39 Å². The van der Waals surface area contributed by atoms with E-state index >= 15 is 0 Å². The maximum Gasteiger partial charge on any atom is 0.139 e. The van der Waals surface area contributed by atoms with E-state index in [1.54, 1.807) is 12.4 Å². The van der Waals surface area contributed by atoms with Crippen molar-refractivity contribution in [2.75, 3.05) is 0 Å². The number of hydrogen-bond acceptors (Lipinski definition) is 2. The highest BCUT2D eigenvalue weighted by Gasteiger charge is 2.40. The molecule has 1 fully saturated rings. The summed E-state index contributed by atoms with van der Waals surface area (Å²) in [6.07, 6.45) is 5.09. The Morgan fingerprint density at radius 1 is 1.29 bits per heavy atom. The van der Waals surface area contributed by atoms with Crippen molar-refractivity contribution < 1.29 is 4.39 Å². The minimum absolute atomic E-state index is 0.0287. The van der Waals surface area contributed by atoms with Crippen molar-refractivity contribution in [3.05, 3.63) is 42.2 Å². The number of pyridine rings is 1. The zero-order valence-electron chi connectivity index (χ0n) is 9.57. The molecule has 2 aromatic rings. The van der Waals surface area contributed by atoms with Gasteiger partial charge in [-0.05, 0) is 18.2 Å². The molecule has 1 heterocycles. The van der Waals surface area contributed by atoms with E-state index in [0.717, 1.165) is 17.2 Å². The number of alkyl halides is 1. The van der Waals surface area contributed by atoms with Crippen LogP contribution in [0.1, 0.15) is 24.8 Å². The van der Waals surface area contributed by atoms with E-state index in [-0.39, 0.29) is 6.04 Å². The van der Waals surface area contributed by atoms with Crippen molar-refractivity contribution in [3.63, 3.8) is 0 Å². The largest absolute Gasteiger partial charge is 0.328 e. The highest BCUT2D eigenvalue weighted by Crippen LogP contribution is 2.43. The Hall–Kier alpha value is -1.48. The third kappa shape index (κ3) is 1.71. The zero-order chi connectivity index (χ0) is 11.9. The van der Waals surface area contributed by atoms with E-state index in [4.69, 9.17) is 5.73 Å². The molecule has 2 atom stereocenters. The average Bonchev–Trinajstić information content (AvgIpc) is 2.70. The van der Waals surface area contributed by atoms with Crippen LogP contribution in [0.25, 0.3) is 10.8 Å². The van der Waals surface area contributed by atoms with Crippen molar-refractivity contribution >= 4 is 10.8 Å². The van der Waals surface area contributed by atoms with Gasteiger partial charge in [0, 0.05) is 35.8 Å². The lowest BCUT2D eigenvalue weighted by Crippen LogP contribution is -2.21. The number of nitrogens with zero attached hydrogens (tertiary/aromatic N) is 1. The summed E-state index contributed by atoms with van der Waals surface area (Å²) in [5.74, 6) is 0. The molecule has 1 aromatic carbocycles. The first kappa shape index (κ1) is 10.7. The van der Waals surface area contributed by atoms with E-state index < -0.39 is 5.67 Å². The van der Waals surface area contributed by atoms with Gasteiger partial charge in [-0.1, -0.05) is 24.3 Å². The maximum atomic E-state index is 14.9. The molecule has 0 aliphatic heterocycles. The molecule has 2 N–H and O–H groups in total. The lowest BCUT2D eigenvalue weighted by atomic mass is 9.91. The van der Waals surface area contributed by atoms with Crippen molar-refractivity contribution in [3.8, 4) is 0 Å². The number of aromatic nitrogens is 1. The van der Waals surface area contributed by atoms with Crippen LogP contribution in [0, 0.1) is 0 Å². The summed E-state index contributed by atoms with van der Waals surface area (Å²) in [7, 11) is 0. The summed E-state index contributed by atoms with van der Waals surface area (Å²) < 4.78 is 14.9. The van der Waals surface area contributed by atoms with Crippen LogP contribution in [-0.2, 0) is 5.67 Å². The third-order valence-electron chi connectivity index (χ3n) is 3.65.